The normalized spacial score (nSPS) is 19.5. The number of alkyl halides is 3. The Morgan fingerprint density at radius 1 is 1.11 bits per heavy atom. The molecule has 1 aliphatic rings. The Kier molecular flexibility index (Phi) is 6.94. The van der Waals surface area contributed by atoms with E-state index < -0.39 is 17.8 Å². The highest BCUT2D eigenvalue weighted by molar-refractivity contribution is 7.14. The quantitative estimate of drug-likeness (QED) is 0.349. The molecule has 3 atom stereocenters. The zero-order chi connectivity index (χ0) is 25.3. The molecule has 0 radical (unpaired) electrons. The Morgan fingerprint density at radius 3 is 2.64 bits per heavy atom. The van der Waals surface area contributed by atoms with Crippen LogP contribution in [-0.2, 0) is 6.18 Å². The molecule has 0 aliphatic carbocycles. The van der Waals surface area contributed by atoms with Crippen molar-refractivity contribution in [3.05, 3.63) is 77.6 Å². The number of nitrogens with one attached hydrogen (secondary N) is 1. The van der Waals surface area contributed by atoms with Gasteiger partial charge in [-0.15, -0.1) is 11.3 Å². The first-order valence-electron chi connectivity index (χ1n) is 11.7. The van der Waals surface area contributed by atoms with Crippen LogP contribution in [0, 0.1) is 0 Å². The molecule has 4 heterocycles. The van der Waals surface area contributed by atoms with Crippen LogP contribution in [-0.4, -0.2) is 46.8 Å². The lowest BCUT2D eigenvalue weighted by Crippen LogP contribution is -2.57. The summed E-state index contributed by atoms with van der Waals surface area (Å²) >= 11 is 1.08. The highest BCUT2D eigenvalue weighted by atomic mass is 32.1. The van der Waals surface area contributed by atoms with Crippen LogP contribution in [0.5, 0.6) is 0 Å². The Labute approximate surface area is 210 Å². The maximum Gasteiger partial charge on any atom is 0.417 e. The van der Waals surface area contributed by atoms with Crippen LogP contribution in [0.3, 0.4) is 0 Å². The lowest BCUT2D eigenvalue weighted by molar-refractivity contribution is -0.137. The van der Waals surface area contributed by atoms with E-state index in [9.17, 15) is 18.3 Å². The molecule has 1 fully saturated rings. The van der Waals surface area contributed by atoms with Crippen LogP contribution in [0.4, 0.5) is 18.2 Å². The largest absolute Gasteiger partial charge is 0.417 e. The van der Waals surface area contributed by atoms with E-state index in [1.54, 1.807) is 12.3 Å². The summed E-state index contributed by atoms with van der Waals surface area (Å²) < 4.78 is 38.7. The number of thiophene rings is 1. The smallest absolute Gasteiger partial charge is 0.385 e. The average Bonchev–Trinajstić information content (AvgIpc) is 3.39. The van der Waals surface area contributed by atoms with Gasteiger partial charge in [0.1, 0.15) is 6.10 Å². The zero-order valence-electron chi connectivity index (χ0n) is 19.3. The number of benzene rings is 1. The van der Waals surface area contributed by atoms with Gasteiger partial charge in [0.2, 0.25) is 0 Å². The molecule has 1 aromatic carbocycles. The molecule has 0 amide bonds. The van der Waals surface area contributed by atoms with Crippen LogP contribution < -0.4 is 16.0 Å². The van der Waals surface area contributed by atoms with Crippen LogP contribution >= 0.6 is 11.3 Å². The first kappa shape index (κ1) is 24.6. The van der Waals surface area contributed by atoms with Crippen LogP contribution in [0.25, 0.3) is 22.0 Å². The monoisotopic (exact) mass is 513 g/mol. The van der Waals surface area contributed by atoms with Gasteiger partial charge in [0.25, 0.3) is 0 Å². The van der Waals surface area contributed by atoms with Crippen molar-refractivity contribution in [2.24, 2.45) is 5.73 Å². The standard InChI is InChI=1S/C26H26F3N5OS/c27-26(28,29)19-10-25(36-15-19)34-8-7-22(20(30)14-34)33-13-24(35)23-6-5-17(11-32-23)18-9-16-3-1-2-4-21(16)31-12-18/h1-6,9-12,15,20,22,24,33,35H,7-8,13-14,30H2. The number of aromatic nitrogens is 2. The first-order valence-corrected chi connectivity index (χ1v) is 12.5. The number of aliphatic hydroxyl groups excluding tert-OH is 1. The third-order valence-electron chi connectivity index (χ3n) is 6.51. The van der Waals surface area contributed by atoms with Gasteiger partial charge in [0.15, 0.2) is 0 Å². The second kappa shape index (κ2) is 10.1. The van der Waals surface area contributed by atoms with E-state index in [2.05, 4.69) is 21.4 Å². The molecule has 10 heteroatoms. The number of piperidine rings is 1. The number of para-hydroxylation sites is 1. The van der Waals surface area contributed by atoms with E-state index in [1.165, 1.54) is 6.07 Å². The molecular weight excluding hydrogens is 487 g/mol. The molecule has 3 aromatic heterocycles. The molecule has 4 aromatic rings. The summed E-state index contributed by atoms with van der Waals surface area (Å²) in [4.78, 5) is 10.8. The molecular formula is C26H26F3N5OS. The number of fused-ring (bicyclic) bond motifs is 1. The van der Waals surface area contributed by atoms with Crippen LogP contribution in [0.1, 0.15) is 23.8 Å². The Bertz CT molecular complexity index is 1330. The van der Waals surface area contributed by atoms with Crippen molar-refractivity contribution in [1.82, 2.24) is 15.3 Å². The molecule has 1 saturated heterocycles. The zero-order valence-corrected chi connectivity index (χ0v) is 20.1. The van der Waals surface area contributed by atoms with Crippen molar-refractivity contribution in [3.63, 3.8) is 0 Å². The number of nitrogens with zero attached hydrogens (tertiary/aromatic N) is 3. The summed E-state index contributed by atoms with van der Waals surface area (Å²) in [5.74, 6) is 0. The van der Waals surface area contributed by atoms with Crippen LogP contribution in [0.2, 0.25) is 0 Å². The number of pyridine rings is 2. The highest BCUT2D eigenvalue weighted by Crippen LogP contribution is 2.37. The molecule has 1 aliphatic heterocycles. The molecule has 0 bridgehead atoms. The van der Waals surface area contributed by atoms with Crippen molar-refractivity contribution >= 4 is 27.2 Å². The van der Waals surface area contributed by atoms with Crippen molar-refractivity contribution < 1.29 is 18.3 Å². The second-order valence-corrected chi connectivity index (χ2v) is 9.88. The van der Waals surface area contributed by atoms with Crippen molar-refractivity contribution in [2.75, 3.05) is 24.5 Å². The van der Waals surface area contributed by atoms with E-state index in [0.717, 1.165) is 38.7 Å². The number of rotatable bonds is 6. The number of aliphatic hydroxyl groups is 1. The molecule has 3 unspecified atom stereocenters. The van der Waals surface area contributed by atoms with Gasteiger partial charge in [0.05, 0.1) is 21.8 Å². The molecule has 0 spiro atoms. The summed E-state index contributed by atoms with van der Waals surface area (Å²) in [6.07, 6.45) is -0.957. The van der Waals surface area contributed by atoms with Gasteiger partial charge in [-0.2, -0.15) is 13.2 Å². The SMILES string of the molecule is NC1CN(c2cc(C(F)(F)F)cs2)CCC1NCC(O)c1ccc(-c2cnc3ccccc3c2)cn1. The molecule has 4 N–H and O–H groups in total. The van der Waals surface area contributed by atoms with E-state index in [-0.39, 0.29) is 18.6 Å². The Morgan fingerprint density at radius 2 is 1.92 bits per heavy atom. The number of nitrogens with two attached hydrogens (primary N) is 1. The van der Waals surface area contributed by atoms with E-state index in [0.29, 0.717) is 30.2 Å². The fourth-order valence-electron chi connectivity index (χ4n) is 4.44. The average molecular weight is 514 g/mol. The van der Waals surface area contributed by atoms with Gasteiger partial charge in [-0.05, 0) is 30.7 Å². The summed E-state index contributed by atoms with van der Waals surface area (Å²) in [6.45, 7) is 1.31. The molecule has 6 nitrogen and oxygen atoms in total. The van der Waals surface area contributed by atoms with E-state index >= 15 is 0 Å². The molecule has 36 heavy (non-hydrogen) atoms. The first-order chi connectivity index (χ1) is 17.3. The molecule has 0 saturated carbocycles. The summed E-state index contributed by atoms with van der Waals surface area (Å²) in [7, 11) is 0. The predicted octanol–water partition coefficient (Wildman–Crippen LogP) is 4.61. The van der Waals surface area contributed by atoms with E-state index in [4.69, 9.17) is 5.73 Å². The van der Waals surface area contributed by atoms with Gasteiger partial charge in [-0.1, -0.05) is 24.3 Å². The maximum atomic E-state index is 12.9. The van der Waals surface area contributed by atoms with Crippen molar-refractivity contribution in [2.45, 2.75) is 30.8 Å². The number of hydrogen-bond donors (Lipinski definition) is 3. The summed E-state index contributed by atoms with van der Waals surface area (Å²) in [5, 5.41) is 16.7. The van der Waals surface area contributed by atoms with Gasteiger partial charge >= 0.3 is 6.18 Å². The lowest BCUT2D eigenvalue weighted by Gasteiger charge is -2.38. The second-order valence-electron chi connectivity index (χ2n) is 8.99. The maximum absolute atomic E-state index is 12.9. The molecule has 5 rings (SSSR count). The number of halogens is 3. The third-order valence-corrected chi connectivity index (χ3v) is 7.50. The third kappa shape index (κ3) is 5.36. The minimum absolute atomic E-state index is 0.0547. The highest BCUT2D eigenvalue weighted by Gasteiger charge is 2.33. The minimum Gasteiger partial charge on any atom is -0.385 e. The Balaban J connectivity index is 1.16. The number of anilines is 1. The summed E-state index contributed by atoms with van der Waals surface area (Å²) in [5.41, 5.74) is 9.03. The molecule has 188 valence electrons. The van der Waals surface area contributed by atoms with Gasteiger partial charge in [0, 0.05) is 66.0 Å². The van der Waals surface area contributed by atoms with Crippen molar-refractivity contribution in [1.29, 1.82) is 0 Å². The van der Waals surface area contributed by atoms with Gasteiger partial charge in [-0.3, -0.25) is 9.97 Å². The van der Waals surface area contributed by atoms with E-state index in [1.807, 2.05) is 41.4 Å². The van der Waals surface area contributed by atoms with Crippen LogP contribution in [0.15, 0.2) is 66.3 Å². The fraction of sp³-hybridized carbons (Fsp3) is 0.308. The minimum atomic E-state index is -4.34. The predicted molar refractivity (Wildman–Crippen MR) is 136 cm³/mol. The van der Waals surface area contributed by atoms with Gasteiger partial charge < -0.3 is 21.1 Å². The number of hydrogen-bond acceptors (Lipinski definition) is 7. The Hall–Kier alpha value is -3.05. The summed E-state index contributed by atoms with van der Waals surface area (Å²) in [6, 6.07) is 14.5. The topological polar surface area (TPSA) is 87.3 Å². The van der Waals surface area contributed by atoms with Crippen molar-refractivity contribution in [3.8, 4) is 11.1 Å². The fourth-order valence-corrected chi connectivity index (χ4v) is 5.40. The lowest BCUT2D eigenvalue weighted by atomic mass is 9.99. The van der Waals surface area contributed by atoms with Gasteiger partial charge in [-0.25, -0.2) is 0 Å².